The van der Waals surface area contributed by atoms with Crippen LogP contribution >= 0.6 is 0 Å². The van der Waals surface area contributed by atoms with Crippen molar-refractivity contribution in [3.05, 3.63) is 224 Å². The number of H-pyrrole nitrogens is 1. The molecule has 5 aromatic carbocycles. The highest BCUT2D eigenvalue weighted by Gasteiger charge is 2.26. The monoisotopic (exact) mass is 713 g/mol. The van der Waals surface area contributed by atoms with E-state index >= 15 is 0 Å². The van der Waals surface area contributed by atoms with E-state index in [2.05, 4.69) is 158 Å². The zero-order chi connectivity index (χ0) is 37.5. The van der Waals surface area contributed by atoms with Crippen molar-refractivity contribution in [3.8, 4) is 11.5 Å². The molecule has 6 aromatic rings. The van der Waals surface area contributed by atoms with Crippen LogP contribution in [0.2, 0.25) is 0 Å². The number of allylic oxidation sites excluding steroid dienone is 4. The first-order chi connectivity index (χ1) is 27.0. The summed E-state index contributed by atoms with van der Waals surface area (Å²) < 4.78 is 12.3. The number of ether oxygens (including phenoxy) is 2. The molecule has 0 fully saturated rings. The first kappa shape index (κ1) is 33.8. The van der Waals surface area contributed by atoms with Crippen molar-refractivity contribution in [3.63, 3.8) is 0 Å². The number of aryl methyl sites for hydroxylation is 2. The number of hydrogen-bond acceptors (Lipinski definition) is 4. The highest BCUT2D eigenvalue weighted by Crippen LogP contribution is 2.44. The maximum atomic E-state index is 6.17. The third kappa shape index (κ3) is 6.20. The molecule has 1 aromatic heterocycles. The van der Waals surface area contributed by atoms with Gasteiger partial charge in [0.1, 0.15) is 11.5 Å². The summed E-state index contributed by atoms with van der Waals surface area (Å²) in [5, 5.41) is 1.93. The van der Waals surface area contributed by atoms with E-state index in [0.29, 0.717) is 11.5 Å². The van der Waals surface area contributed by atoms with Gasteiger partial charge in [-0.05, 0) is 78.6 Å². The molecule has 3 aliphatic rings. The first-order valence-corrected chi connectivity index (χ1v) is 18.5. The van der Waals surface area contributed by atoms with Crippen molar-refractivity contribution in [2.45, 2.75) is 13.8 Å². The molecular formula is C50H39N3O2. The quantitative estimate of drug-likeness (QED) is 0.187. The predicted molar refractivity (Wildman–Crippen MR) is 225 cm³/mol. The Morgan fingerprint density at radius 2 is 0.818 bits per heavy atom. The van der Waals surface area contributed by atoms with Crippen molar-refractivity contribution in [1.82, 2.24) is 4.98 Å². The van der Waals surface area contributed by atoms with Crippen LogP contribution in [0.5, 0.6) is 11.5 Å². The van der Waals surface area contributed by atoms with Gasteiger partial charge < -0.3 is 14.5 Å². The fourth-order valence-electron chi connectivity index (χ4n) is 7.67. The number of fused-ring (bicyclic) bond motifs is 6. The van der Waals surface area contributed by atoms with Crippen LogP contribution in [-0.2, 0) is 0 Å². The minimum atomic E-state index is 0.681. The van der Waals surface area contributed by atoms with E-state index in [1.807, 2.05) is 18.2 Å². The second-order valence-electron chi connectivity index (χ2n) is 13.9. The molecule has 9 rings (SSSR count). The summed E-state index contributed by atoms with van der Waals surface area (Å²) in [7, 11) is 3.41. The highest BCUT2D eigenvalue weighted by atomic mass is 16.5. The molecule has 1 N–H and O–H groups in total. The molecule has 0 unspecified atom stereocenters. The van der Waals surface area contributed by atoms with E-state index in [0.717, 1.165) is 89.2 Å². The summed E-state index contributed by atoms with van der Waals surface area (Å²) in [5.74, 6) is 1.36. The van der Waals surface area contributed by atoms with Gasteiger partial charge in [0.15, 0.2) is 0 Å². The zero-order valence-corrected chi connectivity index (χ0v) is 31.2. The Kier molecular flexibility index (Phi) is 8.68. The standard InChI is InChI=1S/C50H39N3O2/c1-31-15-19-35(20-16-31)49-41-25-23-39(51-41)47(33-11-7-5-8-12-33)37-29-38(46(55-4)30-45(37)54-3)48(34-13-9-6-10-14-34)40-24-26-42(52-40)50(44-28-27-43(49)53-44)36-21-17-32(2)18-22-36/h5-30,53H,1-4H3. The van der Waals surface area contributed by atoms with E-state index in [1.54, 1.807) is 14.2 Å². The van der Waals surface area contributed by atoms with E-state index in [9.17, 15) is 0 Å². The molecule has 0 spiro atoms. The Bertz CT molecular complexity index is 2610. The molecule has 8 bridgehead atoms. The van der Waals surface area contributed by atoms with Gasteiger partial charge in [0.05, 0.1) is 37.0 Å². The number of methoxy groups -OCH3 is 2. The molecule has 0 saturated heterocycles. The van der Waals surface area contributed by atoms with Crippen LogP contribution in [0, 0.1) is 13.8 Å². The van der Waals surface area contributed by atoms with E-state index in [4.69, 9.17) is 19.5 Å². The fourth-order valence-corrected chi connectivity index (χ4v) is 7.67. The summed E-state index contributed by atoms with van der Waals surface area (Å²) in [6.45, 7) is 4.22. The normalized spacial score (nSPS) is 14.8. The van der Waals surface area contributed by atoms with Gasteiger partial charge in [-0.2, -0.15) is 0 Å². The molecule has 0 radical (unpaired) electrons. The van der Waals surface area contributed by atoms with E-state index < -0.39 is 0 Å². The second kappa shape index (κ2) is 14.1. The zero-order valence-electron chi connectivity index (χ0n) is 31.2. The van der Waals surface area contributed by atoms with Crippen molar-refractivity contribution >= 4 is 33.7 Å². The van der Waals surface area contributed by atoms with Crippen molar-refractivity contribution < 1.29 is 9.47 Å². The maximum absolute atomic E-state index is 6.17. The second-order valence-corrected chi connectivity index (χ2v) is 13.9. The number of aromatic amines is 1. The van der Waals surface area contributed by atoms with Crippen LogP contribution < -0.4 is 20.2 Å². The van der Waals surface area contributed by atoms with Gasteiger partial charge in [-0.25, -0.2) is 9.98 Å². The van der Waals surface area contributed by atoms with Crippen LogP contribution in [0.1, 0.15) is 44.5 Å². The van der Waals surface area contributed by atoms with Crippen molar-refractivity contribution in [1.29, 1.82) is 0 Å². The van der Waals surface area contributed by atoms with Crippen LogP contribution in [-0.4, -0.2) is 30.6 Å². The average Bonchev–Trinajstić information content (AvgIpc) is 4.01. The lowest BCUT2D eigenvalue weighted by Gasteiger charge is -2.20. The molecule has 5 nitrogen and oxygen atoms in total. The molecule has 0 atom stereocenters. The van der Waals surface area contributed by atoms with Gasteiger partial charge in [-0.1, -0.05) is 120 Å². The summed E-state index contributed by atoms with van der Waals surface area (Å²) in [6, 6.07) is 46.6. The summed E-state index contributed by atoms with van der Waals surface area (Å²) in [5.41, 5.74) is 15.7. The number of rotatable bonds is 6. The Labute approximate surface area is 321 Å². The average molecular weight is 714 g/mol. The number of aromatic nitrogens is 1. The Morgan fingerprint density at radius 1 is 0.418 bits per heavy atom. The third-order valence-electron chi connectivity index (χ3n) is 10.4. The molecular weight excluding hydrogens is 675 g/mol. The summed E-state index contributed by atoms with van der Waals surface area (Å²) >= 11 is 0. The van der Waals surface area contributed by atoms with Crippen molar-refractivity contribution in [2.24, 2.45) is 9.98 Å². The number of benzene rings is 5. The Hall–Kier alpha value is -6.98. The summed E-state index contributed by atoms with van der Waals surface area (Å²) in [4.78, 5) is 14.7. The lowest BCUT2D eigenvalue weighted by atomic mass is 9.89. The molecule has 55 heavy (non-hydrogen) atoms. The molecule has 0 amide bonds. The number of aliphatic imine (C=N–C) groups is 2. The van der Waals surface area contributed by atoms with Crippen LogP contribution in [0.4, 0.5) is 0 Å². The van der Waals surface area contributed by atoms with Gasteiger partial charge >= 0.3 is 0 Å². The van der Waals surface area contributed by atoms with Gasteiger partial charge in [0.25, 0.3) is 0 Å². The predicted octanol–water partition coefficient (Wildman–Crippen LogP) is 9.30. The molecule has 4 heterocycles. The lowest BCUT2D eigenvalue weighted by molar-refractivity contribution is 0.393. The number of nitrogens with zero attached hydrogens (tertiary/aromatic N) is 2. The Morgan fingerprint density at radius 3 is 1.22 bits per heavy atom. The SMILES string of the molecule is COc1cc(OC)c2cc1C(c1ccccc1)=C1C=CC(=N1)C(c1ccc(C)cc1)=c1ccc([nH]1)=C(c1ccc(C)cc1)C1=NC(=C2c2ccccc2)C=C1. The highest BCUT2D eigenvalue weighted by molar-refractivity contribution is 6.31. The molecule has 0 aliphatic carbocycles. The molecule has 5 heteroatoms. The van der Waals surface area contributed by atoms with E-state index in [1.165, 1.54) is 11.1 Å². The fraction of sp³-hybridized carbons (Fsp3) is 0.0800. The molecule has 266 valence electrons. The van der Waals surface area contributed by atoms with Gasteiger partial charge in [-0.3, -0.25) is 0 Å². The minimum Gasteiger partial charge on any atom is -0.496 e. The maximum Gasteiger partial charge on any atom is 0.130 e. The third-order valence-corrected chi connectivity index (χ3v) is 10.4. The van der Waals surface area contributed by atoms with Gasteiger partial charge in [0.2, 0.25) is 0 Å². The topological polar surface area (TPSA) is 59.0 Å². The van der Waals surface area contributed by atoms with Crippen LogP contribution in [0.15, 0.2) is 179 Å². The number of nitrogens with one attached hydrogen (secondary N) is 1. The first-order valence-electron chi connectivity index (χ1n) is 18.5. The minimum absolute atomic E-state index is 0.681. The lowest BCUT2D eigenvalue weighted by Crippen LogP contribution is -2.21. The Balaban J connectivity index is 1.47. The number of hydrogen-bond donors (Lipinski definition) is 1. The van der Waals surface area contributed by atoms with Crippen LogP contribution in [0.25, 0.3) is 22.3 Å². The van der Waals surface area contributed by atoms with Crippen molar-refractivity contribution in [2.75, 3.05) is 14.2 Å². The van der Waals surface area contributed by atoms with Gasteiger partial charge in [0, 0.05) is 50.2 Å². The summed E-state index contributed by atoms with van der Waals surface area (Å²) in [6.07, 6.45) is 8.49. The van der Waals surface area contributed by atoms with Crippen LogP contribution in [0.3, 0.4) is 0 Å². The molecule has 3 aliphatic heterocycles. The van der Waals surface area contributed by atoms with E-state index in [-0.39, 0.29) is 0 Å². The largest absolute Gasteiger partial charge is 0.496 e. The molecule has 0 saturated carbocycles. The smallest absolute Gasteiger partial charge is 0.130 e. The van der Waals surface area contributed by atoms with Gasteiger partial charge in [-0.15, -0.1) is 0 Å².